The number of ether oxygens (including phenoxy) is 16. The summed E-state index contributed by atoms with van der Waals surface area (Å²) in [5, 5.41) is 1.41. The monoisotopic (exact) mass is 1490 g/mol. The molecule has 0 saturated carbocycles. The van der Waals surface area contributed by atoms with Crippen LogP contribution in [0.5, 0.6) is 0 Å². The highest BCUT2D eigenvalue weighted by Gasteiger charge is 2.66. The minimum Gasteiger partial charge on any atom is -0.456 e. The molecular formula is C76H91Cl3O20SSi. The van der Waals surface area contributed by atoms with E-state index in [1.54, 1.807) is 13.8 Å². The van der Waals surface area contributed by atoms with Crippen LogP contribution < -0.4 is 10.4 Å². The van der Waals surface area contributed by atoms with Gasteiger partial charge in [0.05, 0.1) is 46.2 Å². The summed E-state index contributed by atoms with van der Waals surface area (Å²) < 4.78 is 116. The average molecular weight is 1490 g/mol. The number of halogens is 3. The normalized spacial score (nSPS) is 29.1. The molecule has 0 aromatic heterocycles. The van der Waals surface area contributed by atoms with Gasteiger partial charge in [0.1, 0.15) is 78.0 Å². The van der Waals surface area contributed by atoms with Crippen molar-refractivity contribution in [1.29, 1.82) is 0 Å². The first kappa shape index (κ1) is 78.2. The highest BCUT2D eigenvalue weighted by molar-refractivity contribution is 7.99. The zero-order chi connectivity index (χ0) is 71.6. The lowest BCUT2D eigenvalue weighted by Crippen LogP contribution is -2.74. The van der Waals surface area contributed by atoms with Crippen LogP contribution in [0.3, 0.4) is 0 Å². The Balaban J connectivity index is 1.08. The van der Waals surface area contributed by atoms with E-state index in [-0.39, 0.29) is 39.6 Å². The molecule has 0 aliphatic carbocycles. The maximum atomic E-state index is 14.1. The Hall–Kier alpha value is -5.39. The number of fused-ring (bicyclic) bond motifs is 1. The molecule has 6 aromatic carbocycles. The Labute approximate surface area is 611 Å². The number of rotatable bonds is 33. The number of alkyl halides is 3. The van der Waals surface area contributed by atoms with Crippen LogP contribution in [0.4, 0.5) is 0 Å². The van der Waals surface area contributed by atoms with Crippen molar-refractivity contribution in [3.8, 4) is 0 Å². The molecule has 0 radical (unpaired) electrons. The second kappa shape index (κ2) is 37.0. The molecule has 546 valence electrons. The summed E-state index contributed by atoms with van der Waals surface area (Å²) in [7, 11) is -0.561. The molecule has 4 heterocycles. The zero-order valence-electron chi connectivity index (χ0n) is 58.0. The summed E-state index contributed by atoms with van der Waals surface area (Å²) in [5.41, 5.74) is 2.51. The van der Waals surface area contributed by atoms with E-state index in [4.69, 9.17) is 115 Å². The van der Waals surface area contributed by atoms with E-state index in [1.165, 1.54) is 26.0 Å². The topological polar surface area (TPSA) is 208 Å². The lowest BCUT2D eigenvalue weighted by atomic mass is 9.93. The fourth-order valence-electron chi connectivity index (χ4n) is 13.2. The Kier molecular flexibility index (Phi) is 28.7. The highest BCUT2D eigenvalue weighted by Crippen LogP contribution is 2.47. The van der Waals surface area contributed by atoms with E-state index in [9.17, 15) is 14.4 Å². The molecule has 4 aliphatic heterocycles. The molecular weight excluding hydrogens is 1400 g/mol. The van der Waals surface area contributed by atoms with Gasteiger partial charge < -0.3 is 80.2 Å². The molecule has 25 heteroatoms. The Morgan fingerprint density at radius 3 is 1.33 bits per heavy atom. The summed E-state index contributed by atoms with van der Waals surface area (Å²) in [5.74, 6) is -7.41. The largest absolute Gasteiger partial charge is 0.456 e. The molecule has 6 aromatic rings. The molecule has 17 atom stereocenters. The van der Waals surface area contributed by atoms with Gasteiger partial charge >= 0.3 is 17.9 Å². The minimum absolute atomic E-state index is 0.00330. The Morgan fingerprint density at radius 1 is 0.455 bits per heavy atom. The van der Waals surface area contributed by atoms with Crippen molar-refractivity contribution in [2.45, 2.75) is 176 Å². The lowest BCUT2D eigenvalue weighted by molar-refractivity contribution is -0.488. The number of carbonyl (C=O) groups excluding carboxylic acids is 3. The molecule has 0 spiro atoms. The third-order valence-corrected chi connectivity index (χ3v) is 25.1. The Morgan fingerprint density at radius 2 is 0.861 bits per heavy atom. The van der Waals surface area contributed by atoms with Gasteiger partial charge in [-0.15, -0.1) is 46.6 Å². The van der Waals surface area contributed by atoms with E-state index >= 15 is 0 Å². The van der Waals surface area contributed by atoms with E-state index in [1.807, 2.05) is 165 Å². The van der Waals surface area contributed by atoms with Gasteiger partial charge in [0.25, 0.3) is 8.32 Å². The molecule has 4 fully saturated rings. The number of benzene rings is 6. The van der Waals surface area contributed by atoms with Crippen LogP contribution in [0.1, 0.15) is 63.8 Å². The smallest absolute Gasteiger partial charge is 0.321 e. The maximum absolute atomic E-state index is 14.1. The minimum atomic E-state index is -3.37. The molecule has 10 rings (SSSR count). The number of hydrogen-bond donors (Lipinski definition) is 0. The molecule has 0 N–H and O–H groups in total. The second-order valence-corrected chi connectivity index (χ2v) is 32.5. The summed E-state index contributed by atoms with van der Waals surface area (Å²) in [4.78, 5) is 41.9. The predicted molar refractivity (Wildman–Crippen MR) is 382 cm³/mol. The van der Waals surface area contributed by atoms with Gasteiger partial charge in [-0.25, -0.2) is 0 Å². The van der Waals surface area contributed by atoms with Crippen molar-refractivity contribution in [3.05, 3.63) is 204 Å². The summed E-state index contributed by atoms with van der Waals surface area (Å²) in [6, 6.07) is 58.8. The van der Waals surface area contributed by atoms with Gasteiger partial charge in [0.15, 0.2) is 30.9 Å². The van der Waals surface area contributed by atoms with E-state index in [0.29, 0.717) is 5.75 Å². The fourth-order valence-corrected chi connectivity index (χ4v) is 18.9. The van der Waals surface area contributed by atoms with Crippen molar-refractivity contribution in [2.24, 2.45) is 0 Å². The number of thioether (sulfide) groups is 1. The maximum Gasteiger partial charge on any atom is 0.321 e. The molecule has 20 nitrogen and oxygen atoms in total. The quantitative estimate of drug-likeness (QED) is 0.0162. The van der Waals surface area contributed by atoms with Gasteiger partial charge in [-0.05, 0) is 57.3 Å². The standard InChI is InChI=1S/C76H91Cl3O20SSi/c1-9-100-73-70(96-61(82)42-79)66(63(94-59(80)40-77)58(93-73)49-90-101(74(2,3)4,54-36-24-14-25-37-54)55-38-26-15-27-39-55)97-72-69-67(98-75(5,83-7)76(6,84-8)99-69)64(95-60(81)41-78)57(92-72)48-89-71-68(88-46-53-34-22-13-23-35-53)65(87-45-52-32-20-12-21-33-52)62(86-44-51-30-18-11-19-31-51)56(91-71)47-85-43-50-28-16-10-17-29-50/h10-39,56-58,62-73H,9,40-49H2,1-8H3/t56-,57-,58-,62+,63-,64+,65+,66+,67+,68-,69-,70+,71+,72-,73-,75-,76-/m1/s1. The van der Waals surface area contributed by atoms with Crippen molar-refractivity contribution >= 4 is 83.2 Å². The van der Waals surface area contributed by atoms with E-state index < -0.39 is 158 Å². The van der Waals surface area contributed by atoms with Gasteiger partial charge in [0, 0.05) is 14.2 Å². The first-order valence-corrected chi connectivity index (χ1v) is 38.3. The second-order valence-electron chi connectivity index (χ2n) is 26.0. The third-order valence-electron chi connectivity index (χ3n) is 18.4. The average Bonchev–Trinajstić information content (AvgIpc) is 0.733. The molecule has 0 amide bonds. The van der Waals surface area contributed by atoms with Gasteiger partial charge in [-0.1, -0.05) is 210 Å². The van der Waals surface area contributed by atoms with Gasteiger partial charge in [-0.2, -0.15) is 0 Å². The van der Waals surface area contributed by atoms with Crippen LogP contribution >= 0.6 is 46.6 Å². The van der Waals surface area contributed by atoms with E-state index in [0.717, 1.165) is 32.6 Å². The summed E-state index contributed by atoms with van der Waals surface area (Å²) in [6.07, 6.45) is -18.0. The molecule has 0 bridgehead atoms. The number of hydrogen-bond acceptors (Lipinski definition) is 21. The van der Waals surface area contributed by atoms with Crippen LogP contribution in [0.2, 0.25) is 5.04 Å². The number of carbonyl (C=O) groups is 3. The van der Waals surface area contributed by atoms with Gasteiger partial charge in [-0.3, -0.25) is 14.4 Å². The van der Waals surface area contributed by atoms with Crippen LogP contribution in [0.25, 0.3) is 0 Å². The van der Waals surface area contributed by atoms with Crippen LogP contribution in [-0.2, 0) is 121 Å². The fraction of sp³-hybridized carbons (Fsp3) is 0.487. The van der Waals surface area contributed by atoms with E-state index in [2.05, 4.69) is 45.0 Å². The summed E-state index contributed by atoms with van der Waals surface area (Å²) >= 11 is 20.3. The van der Waals surface area contributed by atoms with Crippen molar-refractivity contribution in [2.75, 3.05) is 57.4 Å². The van der Waals surface area contributed by atoms with Crippen LogP contribution in [-0.4, -0.2) is 186 Å². The molecule has 4 aliphatic rings. The molecule has 101 heavy (non-hydrogen) atoms. The first-order valence-electron chi connectivity index (χ1n) is 33.8. The highest BCUT2D eigenvalue weighted by atomic mass is 35.5. The van der Waals surface area contributed by atoms with Crippen LogP contribution in [0, 0.1) is 0 Å². The predicted octanol–water partition coefficient (Wildman–Crippen LogP) is 10.8. The first-order chi connectivity index (χ1) is 48.9. The zero-order valence-corrected chi connectivity index (χ0v) is 62.1. The SMILES string of the molecule is CCS[C@H]1O[C@H](CO[Si](c2ccccc2)(c2ccccc2)C(C)(C)C)[C@@H](OC(=O)CCl)[C@H](O[C@H]2O[C@H](CO[C@H]3O[C@H](COCc4ccccc4)[C@H](OCc4ccccc4)[C@H](OCc4ccccc4)[C@H]3OCc3ccccc3)[C@H](OC(=O)CCl)[C@@H]3O[C@@](C)(OC)[C@](C)(OC)O[C@@H]23)[C@@H]1OC(=O)CCl. The third kappa shape index (κ3) is 19.2. The number of esters is 3. The van der Waals surface area contributed by atoms with Crippen LogP contribution in [0.15, 0.2) is 182 Å². The van der Waals surface area contributed by atoms with Crippen molar-refractivity contribution in [3.63, 3.8) is 0 Å². The molecule has 0 unspecified atom stereocenters. The van der Waals surface area contributed by atoms with Gasteiger partial charge in [0.2, 0.25) is 11.6 Å². The number of methoxy groups -OCH3 is 2. The molecule has 4 saturated heterocycles. The lowest BCUT2D eigenvalue weighted by Gasteiger charge is -2.57. The van der Waals surface area contributed by atoms with Crippen molar-refractivity contribution < 1.29 is 94.6 Å². The summed E-state index contributed by atoms with van der Waals surface area (Å²) in [6.45, 7) is 11.4. The Bertz CT molecular complexity index is 3450. The van der Waals surface area contributed by atoms with Crippen molar-refractivity contribution in [1.82, 2.24) is 0 Å².